The van der Waals surface area contributed by atoms with Gasteiger partial charge in [-0.15, -0.1) is 10.2 Å². The molecule has 1 aromatic carbocycles. The SMILES string of the molecule is COc1ccc(OC2CCCN(C(=O)c3ccccc3Br)C2)nn1. The Morgan fingerprint density at radius 3 is 2.67 bits per heavy atom. The van der Waals surface area contributed by atoms with Gasteiger partial charge in [0, 0.05) is 23.2 Å². The van der Waals surface area contributed by atoms with Crippen LogP contribution >= 0.6 is 15.9 Å². The highest BCUT2D eigenvalue weighted by Gasteiger charge is 2.26. The molecule has 0 N–H and O–H groups in total. The summed E-state index contributed by atoms with van der Waals surface area (Å²) in [5.41, 5.74) is 0.669. The predicted octanol–water partition coefficient (Wildman–Crippen LogP) is 2.93. The fourth-order valence-corrected chi connectivity index (χ4v) is 3.13. The normalized spacial score (nSPS) is 17.4. The zero-order valence-corrected chi connectivity index (χ0v) is 14.9. The summed E-state index contributed by atoms with van der Waals surface area (Å²) < 4.78 is 11.7. The molecule has 0 bridgehead atoms. The van der Waals surface area contributed by atoms with Crippen molar-refractivity contribution in [2.75, 3.05) is 20.2 Å². The van der Waals surface area contributed by atoms with Crippen molar-refractivity contribution in [2.24, 2.45) is 0 Å². The smallest absolute Gasteiger partial charge is 0.255 e. The lowest BCUT2D eigenvalue weighted by Gasteiger charge is -2.32. The summed E-state index contributed by atoms with van der Waals surface area (Å²) in [4.78, 5) is 14.5. The summed E-state index contributed by atoms with van der Waals surface area (Å²) in [6, 6.07) is 10.9. The van der Waals surface area contributed by atoms with Gasteiger partial charge < -0.3 is 14.4 Å². The molecule has 24 heavy (non-hydrogen) atoms. The van der Waals surface area contributed by atoms with Crippen molar-refractivity contribution in [1.29, 1.82) is 0 Å². The third-order valence-electron chi connectivity index (χ3n) is 3.88. The third-order valence-corrected chi connectivity index (χ3v) is 4.57. The molecule has 1 amide bonds. The second-order valence-electron chi connectivity index (χ2n) is 5.53. The number of ether oxygens (including phenoxy) is 2. The van der Waals surface area contributed by atoms with Gasteiger partial charge in [0.1, 0.15) is 6.10 Å². The molecule has 0 spiro atoms. The Bertz CT molecular complexity index is 708. The molecule has 0 saturated carbocycles. The predicted molar refractivity (Wildman–Crippen MR) is 92.3 cm³/mol. The van der Waals surface area contributed by atoms with E-state index in [0.717, 1.165) is 23.9 Å². The molecule has 7 heteroatoms. The summed E-state index contributed by atoms with van der Waals surface area (Å²) in [5.74, 6) is 0.893. The Morgan fingerprint density at radius 1 is 1.21 bits per heavy atom. The Balaban J connectivity index is 1.65. The zero-order valence-electron chi connectivity index (χ0n) is 13.3. The van der Waals surface area contributed by atoms with E-state index in [0.29, 0.717) is 23.9 Å². The average Bonchev–Trinajstić information content (AvgIpc) is 2.62. The lowest BCUT2D eigenvalue weighted by molar-refractivity contribution is 0.0524. The van der Waals surface area contributed by atoms with Gasteiger partial charge >= 0.3 is 0 Å². The van der Waals surface area contributed by atoms with E-state index in [1.54, 1.807) is 12.1 Å². The maximum absolute atomic E-state index is 12.7. The van der Waals surface area contributed by atoms with Gasteiger partial charge in [-0.3, -0.25) is 4.79 Å². The van der Waals surface area contributed by atoms with Crippen LogP contribution in [0.25, 0.3) is 0 Å². The van der Waals surface area contributed by atoms with Crippen molar-refractivity contribution < 1.29 is 14.3 Å². The van der Waals surface area contributed by atoms with Crippen molar-refractivity contribution in [3.63, 3.8) is 0 Å². The van der Waals surface area contributed by atoms with E-state index in [9.17, 15) is 4.79 Å². The largest absolute Gasteiger partial charge is 0.480 e. The van der Waals surface area contributed by atoms with Crippen LogP contribution in [-0.2, 0) is 0 Å². The molecular weight excluding hydrogens is 374 g/mol. The Hall–Kier alpha value is -2.15. The van der Waals surface area contributed by atoms with Gasteiger partial charge in [-0.1, -0.05) is 12.1 Å². The van der Waals surface area contributed by atoms with E-state index in [4.69, 9.17) is 9.47 Å². The maximum Gasteiger partial charge on any atom is 0.255 e. The van der Waals surface area contributed by atoms with Crippen molar-refractivity contribution >= 4 is 21.8 Å². The van der Waals surface area contributed by atoms with Crippen LogP contribution < -0.4 is 9.47 Å². The van der Waals surface area contributed by atoms with Crippen LogP contribution in [-0.4, -0.2) is 47.3 Å². The van der Waals surface area contributed by atoms with Crippen LogP contribution in [0.4, 0.5) is 0 Å². The molecule has 2 heterocycles. The monoisotopic (exact) mass is 391 g/mol. The minimum absolute atomic E-state index is 0.0107. The molecule has 0 radical (unpaired) electrons. The minimum atomic E-state index is -0.0899. The molecule has 2 aromatic rings. The molecule has 6 nitrogen and oxygen atoms in total. The summed E-state index contributed by atoms with van der Waals surface area (Å²) in [6.45, 7) is 1.27. The highest BCUT2D eigenvalue weighted by Crippen LogP contribution is 2.22. The number of halogens is 1. The number of methoxy groups -OCH3 is 1. The van der Waals surface area contributed by atoms with E-state index in [-0.39, 0.29) is 12.0 Å². The van der Waals surface area contributed by atoms with Crippen LogP contribution in [0, 0.1) is 0 Å². The van der Waals surface area contributed by atoms with Crippen molar-refractivity contribution in [1.82, 2.24) is 15.1 Å². The van der Waals surface area contributed by atoms with Crippen LogP contribution in [0.3, 0.4) is 0 Å². The molecule has 3 rings (SSSR count). The van der Waals surface area contributed by atoms with Crippen LogP contribution in [0.15, 0.2) is 40.9 Å². The summed E-state index contributed by atoms with van der Waals surface area (Å²) in [6.07, 6.45) is 1.69. The van der Waals surface area contributed by atoms with E-state index in [1.165, 1.54) is 7.11 Å². The van der Waals surface area contributed by atoms with Crippen LogP contribution in [0.2, 0.25) is 0 Å². The lowest BCUT2D eigenvalue weighted by Crippen LogP contribution is -2.44. The maximum atomic E-state index is 12.7. The number of aromatic nitrogens is 2. The number of nitrogens with zero attached hydrogens (tertiary/aromatic N) is 3. The topological polar surface area (TPSA) is 64.6 Å². The van der Waals surface area contributed by atoms with E-state index < -0.39 is 0 Å². The van der Waals surface area contributed by atoms with Gasteiger partial charge in [-0.25, -0.2) is 0 Å². The van der Waals surface area contributed by atoms with Gasteiger partial charge in [0.05, 0.1) is 19.2 Å². The van der Waals surface area contributed by atoms with Crippen molar-refractivity contribution in [3.05, 3.63) is 46.4 Å². The highest BCUT2D eigenvalue weighted by molar-refractivity contribution is 9.10. The Labute approximate surface area is 148 Å². The number of benzene rings is 1. The second-order valence-corrected chi connectivity index (χ2v) is 6.38. The molecule has 126 valence electrons. The Morgan fingerprint density at radius 2 is 1.96 bits per heavy atom. The van der Waals surface area contributed by atoms with Gasteiger partial charge in [0.25, 0.3) is 5.91 Å². The molecular formula is C17H18BrN3O3. The summed E-state index contributed by atoms with van der Waals surface area (Å²) in [7, 11) is 1.54. The standard InChI is InChI=1S/C17H18BrN3O3/c1-23-15-8-9-16(20-19-15)24-12-5-4-10-21(11-12)17(22)13-6-2-3-7-14(13)18/h2-3,6-9,12H,4-5,10-11H2,1H3. The number of hydrogen-bond donors (Lipinski definition) is 0. The first-order chi connectivity index (χ1) is 11.7. The molecule has 1 atom stereocenters. The first-order valence-corrected chi connectivity index (χ1v) is 8.55. The number of amides is 1. The number of carbonyl (C=O) groups excluding carboxylic acids is 1. The van der Waals surface area contributed by atoms with Crippen LogP contribution in [0.1, 0.15) is 23.2 Å². The van der Waals surface area contributed by atoms with Gasteiger partial charge in [-0.2, -0.15) is 0 Å². The average molecular weight is 392 g/mol. The first-order valence-electron chi connectivity index (χ1n) is 7.75. The Kier molecular flexibility index (Phi) is 5.30. The van der Waals surface area contributed by atoms with E-state index in [2.05, 4.69) is 26.1 Å². The fourth-order valence-electron chi connectivity index (χ4n) is 2.67. The molecule has 0 aliphatic carbocycles. The minimum Gasteiger partial charge on any atom is -0.480 e. The zero-order chi connectivity index (χ0) is 16.9. The molecule has 1 fully saturated rings. The van der Waals surface area contributed by atoms with Gasteiger partial charge in [0.2, 0.25) is 11.8 Å². The first kappa shape index (κ1) is 16.7. The fraction of sp³-hybridized carbons (Fsp3) is 0.353. The molecule has 1 aliphatic heterocycles. The van der Waals surface area contributed by atoms with Gasteiger partial charge in [-0.05, 0) is 40.9 Å². The van der Waals surface area contributed by atoms with Crippen molar-refractivity contribution in [2.45, 2.75) is 18.9 Å². The number of rotatable bonds is 4. The van der Waals surface area contributed by atoms with E-state index >= 15 is 0 Å². The van der Waals surface area contributed by atoms with E-state index in [1.807, 2.05) is 29.2 Å². The van der Waals surface area contributed by atoms with Gasteiger partial charge in [0.15, 0.2) is 0 Å². The third kappa shape index (κ3) is 3.84. The van der Waals surface area contributed by atoms with Crippen molar-refractivity contribution in [3.8, 4) is 11.8 Å². The number of hydrogen-bond acceptors (Lipinski definition) is 5. The summed E-state index contributed by atoms with van der Waals surface area (Å²) >= 11 is 3.44. The quantitative estimate of drug-likeness (QED) is 0.801. The lowest BCUT2D eigenvalue weighted by atomic mass is 10.1. The number of carbonyl (C=O) groups is 1. The molecule has 1 aliphatic rings. The summed E-state index contributed by atoms with van der Waals surface area (Å²) in [5, 5.41) is 7.87. The molecule has 1 unspecified atom stereocenters. The number of piperidine rings is 1. The number of likely N-dealkylation sites (tertiary alicyclic amines) is 1. The highest BCUT2D eigenvalue weighted by atomic mass is 79.9. The molecule has 1 aromatic heterocycles. The van der Waals surface area contributed by atoms with Crippen LogP contribution in [0.5, 0.6) is 11.8 Å². The molecule has 1 saturated heterocycles. The second kappa shape index (κ2) is 7.61.